The molecule has 0 aromatic heterocycles. The van der Waals surface area contributed by atoms with Gasteiger partial charge in [0.25, 0.3) is 0 Å². The Balaban J connectivity index is 1.97. The molecule has 1 N–H and O–H groups in total. The second kappa shape index (κ2) is 7.47. The number of aliphatic hydroxyl groups is 1. The van der Waals surface area contributed by atoms with Crippen molar-refractivity contribution in [2.24, 2.45) is 0 Å². The fourth-order valence-electron chi connectivity index (χ4n) is 2.63. The molecule has 1 aliphatic heterocycles. The summed E-state index contributed by atoms with van der Waals surface area (Å²) in [6.07, 6.45) is 0. The maximum absolute atomic E-state index is 8.96. The Morgan fingerprint density at radius 2 is 1.75 bits per heavy atom. The molecule has 1 aliphatic rings. The lowest BCUT2D eigenvalue weighted by Gasteiger charge is -2.34. The number of β-amino-alcohol motifs (C(OH)–C–C–N with tert-alkyl or cyclic N) is 1. The molecule has 112 valence electrons. The quantitative estimate of drug-likeness (QED) is 0.835. The van der Waals surface area contributed by atoms with E-state index >= 15 is 0 Å². The van der Waals surface area contributed by atoms with Gasteiger partial charge in [0.1, 0.15) is 0 Å². The Morgan fingerprint density at radius 1 is 1.05 bits per heavy atom. The van der Waals surface area contributed by atoms with Crippen molar-refractivity contribution in [2.45, 2.75) is 6.54 Å². The van der Waals surface area contributed by atoms with Gasteiger partial charge in [0, 0.05) is 44.8 Å². The summed E-state index contributed by atoms with van der Waals surface area (Å²) in [6.45, 7) is 5.92. The van der Waals surface area contributed by atoms with Gasteiger partial charge in [-0.25, -0.2) is 0 Å². The zero-order valence-electron chi connectivity index (χ0n) is 12.3. The Labute approximate surface area is 120 Å². The van der Waals surface area contributed by atoms with Crippen molar-refractivity contribution in [3.05, 3.63) is 23.8 Å². The predicted molar refractivity (Wildman–Crippen MR) is 78.3 cm³/mol. The minimum Gasteiger partial charge on any atom is -0.493 e. The minimum absolute atomic E-state index is 0.240. The van der Waals surface area contributed by atoms with Gasteiger partial charge in [0.05, 0.1) is 20.8 Å². The highest BCUT2D eigenvalue weighted by atomic mass is 16.5. The lowest BCUT2D eigenvalue weighted by Crippen LogP contribution is -2.46. The minimum atomic E-state index is 0.240. The molecule has 0 unspecified atom stereocenters. The first kappa shape index (κ1) is 15.1. The predicted octanol–water partition coefficient (Wildman–Crippen LogP) is 0.814. The molecule has 0 aliphatic carbocycles. The monoisotopic (exact) mass is 280 g/mol. The zero-order valence-corrected chi connectivity index (χ0v) is 12.3. The van der Waals surface area contributed by atoms with Crippen LogP contribution < -0.4 is 9.47 Å². The Bertz CT molecular complexity index is 418. The number of nitrogens with zero attached hydrogens (tertiary/aromatic N) is 2. The number of hydrogen-bond acceptors (Lipinski definition) is 5. The highest BCUT2D eigenvalue weighted by Gasteiger charge is 2.18. The van der Waals surface area contributed by atoms with Crippen LogP contribution in [0.2, 0.25) is 0 Å². The van der Waals surface area contributed by atoms with E-state index in [1.807, 2.05) is 12.1 Å². The SMILES string of the molecule is COc1cccc(CN2CCN(CCO)CC2)c1OC. The average molecular weight is 280 g/mol. The highest BCUT2D eigenvalue weighted by molar-refractivity contribution is 5.46. The molecule has 1 aromatic carbocycles. The van der Waals surface area contributed by atoms with Crippen LogP contribution in [-0.4, -0.2) is 68.5 Å². The van der Waals surface area contributed by atoms with Crippen LogP contribution in [0.25, 0.3) is 0 Å². The van der Waals surface area contributed by atoms with Gasteiger partial charge in [0.15, 0.2) is 11.5 Å². The van der Waals surface area contributed by atoms with E-state index in [0.29, 0.717) is 0 Å². The van der Waals surface area contributed by atoms with Crippen LogP contribution in [0.5, 0.6) is 11.5 Å². The molecular formula is C15H24N2O3. The summed E-state index contributed by atoms with van der Waals surface area (Å²) >= 11 is 0. The normalized spacial score (nSPS) is 17.1. The van der Waals surface area contributed by atoms with Crippen molar-refractivity contribution in [2.75, 3.05) is 53.6 Å². The number of para-hydroxylation sites is 1. The van der Waals surface area contributed by atoms with Gasteiger partial charge >= 0.3 is 0 Å². The van der Waals surface area contributed by atoms with E-state index in [1.165, 1.54) is 0 Å². The van der Waals surface area contributed by atoms with Crippen LogP contribution in [0.1, 0.15) is 5.56 Å². The standard InChI is InChI=1S/C15H24N2O3/c1-19-14-5-3-4-13(15(14)20-2)12-17-8-6-16(7-9-17)10-11-18/h3-5,18H,6-12H2,1-2H3. The van der Waals surface area contributed by atoms with Crippen molar-refractivity contribution in [1.29, 1.82) is 0 Å². The molecule has 20 heavy (non-hydrogen) atoms. The van der Waals surface area contributed by atoms with Gasteiger partial charge in [-0.3, -0.25) is 9.80 Å². The lowest BCUT2D eigenvalue weighted by atomic mass is 10.1. The third-order valence-electron chi connectivity index (χ3n) is 3.76. The van der Waals surface area contributed by atoms with E-state index in [4.69, 9.17) is 14.6 Å². The van der Waals surface area contributed by atoms with Gasteiger partial charge < -0.3 is 14.6 Å². The van der Waals surface area contributed by atoms with Crippen LogP contribution in [0.15, 0.2) is 18.2 Å². The van der Waals surface area contributed by atoms with E-state index in [1.54, 1.807) is 14.2 Å². The van der Waals surface area contributed by atoms with Crippen molar-refractivity contribution >= 4 is 0 Å². The van der Waals surface area contributed by atoms with Gasteiger partial charge in [-0.05, 0) is 6.07 Å². The Kier molecular flexibility index (Phi) is 5.64. The number of piperazine rings is 1. The molecule has 0 atom stereocenters. The summed E-state index contributed by atoms with van der Waals surface area (Å²) in [5.74, 6) is 1.61. The summed E-state index contributed by atoms with van der Waals surface area (Å²) in [6, 6.07) is 6.00. The number of ether oxygens (including phenoxy) is 2. The maximum atomic E-state index is 8.96. The van der Waals surface area contributed by atoms with Crippen LogP contribution in [0.4, 0.5) is 0 Å². The number of rotatable bonds is 6. The summed E-state index contributed by atoms with van der Waals surface area (Å²) in [4.78, 5) is 4.70. The first-order chi connectivity index (χ1) is 9.78. The lowest BCUT2D eigenvalue weighted by molar-refractivity contribution is 0.108. The highest BCUT2D eigenvalue weighted by Crippen LogP contribution is 2.31. The van der Waals surface area contributed by atoms with E-state index in [-0.39, 0.29) is 6.61 Å². The molecule has 5 heteroatoms. The molecule has 0 radical (unpaired) electrons. The third kappa shape index (κ3) is 3.62. The van der Waals surface area contributed by atoms with E-state index in [2.05, 4.69) is 15.9 Å². The zero-order chi connectivity index (χ0) is 14.4. The molecule has 0 amide bonds. The average Bonchev–Trinajstić information content (AvgIpc) is 2.49. The molecule has 0 spiro atoms. The fourth-order valence-corrected chi connectivity index (χ4v) is 2.63. The van der Waals surface area contributed by atoms with Crippen molar-refractivity contribution in [3.8, 4) is 11.5 Å². The maximum Gasteiger partial charge on any atom is 0.165 e. The molecule has 0 bridgehead atoms. The molecule has 1 fully saturated rings. The number of benzene rings is 1. The van der Waals surface area contributed by atoms with Gasteiger partial charge in [0.2, 0.25) is 0 Å². The molecule has 1 aromatic rings. The molecule has 1 saturated heterocycles. The molecule has 0 saturated carbocycles. The summed E-state index contributed by atoms with van der Waals surface area (Å²) in [5.41, 5.74) is 1.16. The summed E-state index contributed by atoms with van der Waals surface area (Å²) < 4.78 is 10.8. The van der Waals surface area contributed by atoms with E-state index in [0.717, 1.165) is 56.3 Å². The van der Waals surface area contributed by atoms with Gasteiger partial charge in [-0.15, -0.1) is 0 Å². The molecular weight excluding hydrogens is 256 g/mol. The number of methoxy groups -OCH3 is 2. The second-order valence-electron chi connectivity index (χ2n) is 4.99. The van der Waals surface area contributed by atoms with E-state index in [9.17, 15) is 0 Å². The summed E-state index contributed by atoms with van der Waals surface area (Å²) in [5, 5.41) is 8.96. The second-order valence-corrected chi connectivity index (χ2v) is 4.99. The van der Waals surface area contributed by atoms with Crippen LogP contribution in [0.3, 0.4) is 0 Å². The Hall–Kier alpha value is -1.30. The Morgan fingerprint density at radius 3 is 2.35 bits per heavy atom. The van der Waals surface area contributed by atoms with Crippen molar-refractivity contribution in [3.63, 3.8) is 0 Å². The van der Waals surface area contributed by atoms with Crippen LogP contribution in [0, 0.1) is 0 Å². The molecule has 2 rings (SSSR count). The number of aliphatic hydroxyl groups excluding tert-OH is 1. The smallest absolute Gasteiger partial charge is 0.165 e. The van der Waals surface area contributed by atoms with E-state index < -0.39 is 0 Å². The third-order valence-corrected chi connectivity index (χ3v) is 3.76. The first-order valence-electron chi connectivity index (χ1n) is 7.04. The van der Waals surface area contributed by atoms with Crippen molar-refractivity contribution in [1.82, 2.24) is 9.80 Å². The van der Waals surface area contributed by atoms with Gasteiger partial charge in [-0.2, -0.15) is 0 Å². The first-order valence-corrected chi connectivity index (χ1v) is 7.04. The van der Waals surface area contributed by atoms with Crippen molar-refractivity contribution < 1.29 is 14.6 Å². The molecule has 5 nitrogen and oxygen atoms in total. The summed E-state index contributed by atoms with van der Waals surface area (Å²) in [7, 11) is 3.34. The fraction of sp³-hybridized carbons (Fsp3) is 0.600. The largest absolute Gasteiger partial charge is 0.493 e. The topological polar surface area (TPSA) is 45.2 Å². The van der Waals surface area contributed by atoms with Crippen LogP contribution >= 0.6 is 0 Å². The number of hydrogen-bond donors (Lipinski definition) is 1. The molecule has 1 heterocycles. The van der Waals surface area contributed by atoms with Gasteiger partial charge in [-0.1, -0.05) is 12.1 Å². The van der Waals surface area contributed by atoms with Crippen LogP contribution in [-0.2, 0) is 6.54 Å².